The molecule has 2 aliphatic rings. The lowest BCUT2D eigenvalue weighted by molar-refractivity contribution is -0.355. The lowest BCUT2D eigenvalue weighted by atomic mass is 9.96. The number of ether oxygens (including phenoxy) is 9. The summed E-state index contributed by atoms with van der Waals surface area (Å²) in [6, 6.07) is 0. The zero-order valence-corrected chi connectivity index (χ0v) is 22.1. The van der Waals surface area contributed by atoms with Gasteiger partial charge < -0.3 is 47.7 Å². The molecule has 2 heterocycles. The maximum Gasteiger partial charge on any atom is 0.303 e. The van der Waals surface area contributed by atoms with Crippen molar-refractivity contribution in [2.75, 3.05) is 13.7 Å². The Labute approximate surface area is 218 Å². The van der Waals surface area contributed by atoms with Crippen LogP contribution in [-0.4, -0.2) is 110 Å². The Balaban J connectivity index is 2.52. The van der Waals surface area contributed by atoms with Crippen molar-refractivity contribution in [3.63, 3.8) is 0 Å². The zero-order valence-electron chi connectivity index (χ0n) is 22.1. The lowest BCUT2D eigenvalue weighted by Gasteiger charge is -2.48. The van der Waals surface area contributed by atoms with E-state index >= 15 is 0 Å². The fraction of sp³-hybridized carbons (Fsp3) is 0.783. The van der Waals surface area contributed by atoms with Crippen LogP contribution in [0.5, 0.6) is 0 Å². The summed E-state index contributed by atoms with van der Waals surface area (Å²) < 4.78 is 49.5. The second-order valence-electron chi connectivity index (χ2n) is 8.64. The predicted octanol–water partition coefficient (Wildman–Crippen LogP) is -0.861. The minimum atomic E-state index is -1.57. The molecule has 15 nitrogen and oxygen atoms in total. The molecular weight excluding hydrogens is 516 g/mol. The molecule has 0 unspecified atom stereocenters. The highest BCUT2D eigenvalue weighted by Crippen LogP contribution is 2.34. The lowest BCUT2D eigenvalue weighted by Crippen LogP contribution is -2.66. The molecule has 2 saturated heterocycles. The second kappa shape index (κ2) is 13.8. The molecule has 10 atom stereocenters. The third kappa shape index (κ3) is 8.07. The van der Waals surface area contributed by atoms with Crippen LogP contribution in [0.4, 0.5) is 0 Å². The van der Waals surface area contributed by atoms with Gasteiger partial charge in [0.2, 0.25) is 0 Å². The van der Waals surface area contributed by atoms with Gasteiger partial charge in [0.05, 0.1) is 12.7 Å². The first kappa shape index (κ1) is 31.4. The Morgan fingerprint density at radius 1 is 0.605 bits per heavy atom. The summed E-state index contributed by atoms with van der Waals surface area (Å²) in [6.07, 6.45) is -13.0. The number of carbonyl (C=O) groups excluding carboxylic acids is 5. The average molecular weight is 551 g/mol. The summed E-state index contributed by atoms with van der Waals surface area (Å²) >= 11 is 0. The number of rotatable bonds is 9. The van der Waals surface area contributed by atoms with Gasteiger partial charge in [-0.25, -0.2) is 0 Å². The molecule has 0 spiro atoms. The zero-order chi connectivity index (χ0) is 28.7. The quantitative estimate of drug-likeness (QED) is 0.275. The summed E-state index contributed by atoms with van der Waals surface area (Å²) in [6.45, 7) is 6.35. The van der Waals surface area contributed by atoms with E-state index in [0.717, 1.165) is 34.6 Å². The SMILES string of the molecule is CO[C@@H]1O[C@@H](C)[C@H](O[C@@H]2O[C@H](CO)[C@@H](OC(C)=O)[C@H](OC(C)=O)[C@H]2OC(C)=O)[C@@H](OC(C)=O)[C@H]1OC(C)=O. The van der Waals surface area contributed by atoms with Crippen molar-refractivity contribution >= 4 is 29.8 Å². The van der Waals surface area contributed by atoms with Crippen molar-refractivity contribution in [3.05, 3.63) is 0 Å². The van der Waals surface area contributed by atoms with E-state index in [1.807, 2.05) is 0 Å². The third-order valence-electron chi connectivity index (χ3n) is 5.53. The standard InChI is InChI=1S/C23H34O15/c1-9-16(18(33-11(3)26)20(35-13(5)28)22(30-7)31-9)38-23-21(36-14(6)29)19(34-12(4)27)17(32-10(2)25)15(8-24)37-23/h9,15-24H,8H2,1-7H3/t9-,15+,16-,17+,18+,19-,20+,21+,22+,23-/m0/s1. The van der Waals surface area contributed by atoms with E-state index in [4.69, 9.17) is 42.6 Å². The van der Waals surface area contributed by atoms with Crippen LogP contribution >= 0.6 is 0 Å². The first-order valence-corrected chi connectivity index (χ1v) is 11.7. The van der Waals surface area contributed by atoms with Crippen LogP contribution in [0.15, 0.2) is 0 Å². The highest BCUT2D eigenvalue weighted by molar-refractivity contribution is 5.69. The number of esters is 5. The number of methoxy groups -OCH3 is 1. The number of hydrogen-bond acceptors (Lipinski definition) is 15. The maximum atomic E-state index is 12.0. The van der Waals surface area contributed by atoms with Gasteiger partial charge in [-0.1, -0.05) is 0 Å². The van der Waals surface area contributed by atoms with Gasteiger partial charge in [-0.15, -0.1) is 0 Å². The molecule has 0 aromatic rings. The summed E-state index contributed by atoms with van der Waals surface area (Å²) in [5.41, 5.74) is 0. The number of aliphatic hydroxyl groups excluding tert-OH is 1. The van der Waals surface area contributed by atoms with E-state index in [1.54, 1.807) is 6.92 Å². The van der Waals surface area contributed by atoms with Gasteiger partial charge in [0.1, 0.15) is 12.2 Å². The Kier molecular flexibility index (Phi) is 11.4. The van der Waals surface area contributed by atoms with Crippen LogP contribution in [0.3, 0.4) is 0 Å². The van der Waals surface area contributed by atoms with E-state index < -0.39 is 97.9 Å². The monoisotopic (exact) mass is 550 g/mol. The van der Waals surface area contributed by atoms with Gasteiger partial charge in [-0.05, 0) is 6.92 Å². The van der Waals surface area contributed by atoms with Gasteiger partial charge in [0.25, 0.3) is 0 Å². The van der Waals surface area contributed by atoms with Crippen LogP contribution < -0.4 is 0 Å². The smallest absolute Gasteiger partial charge is 0.303 e. The molecule has 15 heteroatoms. The van der Waals surface area contributed by atoms with Crippen LogP contribution in [0.2, 0.25) is 0 Å². The van der Waals surface area contributed by atoms with Gasteiger partial charge >= 0.3 is 29.8 Å². The Morgan fingerprint density at radius 3 is 1.42 bits per heavy atom. The van der Waals surface area contributed by atoms with Crippen LogP contribution in [0, 0.1) is 0 Å². The average Bonchev–Trinajstić information content (AvgIpc) is 2.79. The van der Waals surface area contributed by atoms with Crippen molar-refractivity contribution in [1.82, 2.24) is 0 Å². The molecule has 2 fully saturated rings. The minimum Gasteiger partial charge on any atom is -0.456 e. The first-order valence-electron chi connectivity index (χ1n) is 11.7. The van der Waals surface area contributed by atoms with E-state index in [1.165, 1.54) is 7.11 Å². The van der Waals surface area contributed by atoms with Crippen molar-refractivity contribution in [3.8, 4) is 0 Å². The molecular formula is C23H34O15. The Bertz CT molecular complexity index is 875. The van der Waals surface area contributed by atoms with Crippen molar-refractivity contribution in [1.29, 1.82) is 0 Å². The largest absolute Gasteiger partial charge is 0.456 e. The van der Waals surface area contributed by atoms with Gasteiger partial charge in [-0.2, -0.15) is 0 Å². The summed E-state index contributed by atoms with van der Waals surface area (Å²) in [5, 5.41) is 9.96. The highest BCUT2D eigenvalue weighted by Gasteiger charge is 2.56. The van der Waals surface area contributed by atoms with E-state index in [0.29, 0.717) is 0 Å². The summed E-state index contributed by atoms with van der Waals surface area (Å²) in [5.74, 6) is -3.89. The van der Waals surface area contributed by atoms with Crippen LogP contribution in [0.1, 0.15) is 41.5 Å². The molecule has 0 amide bonds. The molecule has 2 rings (SSSR count). The molecule has 2 aliphatic heterocycles. The number of hydrogen-bond donors (Lipinski definition) is 1. The molecule has 216 valence electrons. The molecule has 0 aromatic carbocycles. The Hall–Kier alpha value is -2.85. The second-order valence-corrected chi connectivity index (χ2v) is 8.64. The van der Waals surface area contributed by atoms with Gasteiger partial charge in [-0.3, -0.25) is 24.0 Å². The third-order valence-corrected chi connectivity index (χ3v) is 5.53. The van der Waals surface area contributed by atoms with Crippen molar-refractivity contribution in [2.24, 2.45) is 0 Å². The predicted molar refractivity (Wildman–Crippen MR) is 120 cm³/mol. The summed E-state index contributed by atoms with van der Waals surface area (Å²) in [7, 11) is 1.30. The molecule has 0 aliphatic carbocycles. The first-order chi connectivity index (χ1) is 17.8. The molecule has 0 aromatic heterocycles. The minimum absolute atomic E-state index is 0.714. The topological polar surface area (TPSA) is 189 Å². The number of carbonyl (C=O) groups is 5. The molecule has 0 bridgehead atoms. The van der Waals surface area contributed by atoms with Crippen LogP contribution in [0.25, 0.3) is 0 Å². The maximum absolute atomic E-state index is 12.0. The molecule has 0 radical (unpaired) electrons. The fourth-order valence-electron chi connectivity index (χ4n) is 4.26. The Morgan fingerprint density at radius 2 is 1.00 bits per heavy atom. The van der Waals surface area contributed by atoms with Gasteiger partial charge in [0.15, 0.2) is 43.1 Å². The molecule has 1 N–H and O–H groups in total. The normalized spacial score (nSPS) is 34.9. The summed E-state index contributed by atoms with van der Waals surface area (Å²) in [4.78, 5) is 59.4. The van der Waals surface area contributed by atoms with E-state index in [9.17, 15) is 29.1 Å². The van der Waals surface area contributed by atoms with E-state index in [-0.39, 0.29) is 0 Å². The van der Waals surface area contributed by atoms with Gasteiger partial charge in [0, 0.05) is 41.7 Å². The molecule has 0 saturated carbocycles. The molecule has 38 heavy (non-hydrogen) atoms. The van der Waals surface area contributed by atoms with Crippen LogP contribution in [-0.2, 0) is 66.6 Å². The van der Waals surface area contributed by atoms with E-state index in [2.05, 4.69) is 0 Å². The van der Waals surface area contributed by atoms with Crippen molar-refractivity contribution < 1.29 is 71.7 Å². The highest BCUT2D eigenvalue weighted by atomic mass is 16.8. The number of aliphatic hydroxyl groups is 1. The van der Waals surface area contributed by atoms with Crippen molar-refractivity contribution in [2.45, 2.75) is 103 Å². The fourth-order valence-corrected chi connectivity index (χ4v) is 4.26.